The number of ether oxygens (including phenoxy) is 2. The minimum absolute atomic E-state index is 0.0487. The van der Waals surface area contributed by atoms with Gasteiger partial charge < -0.3 is 14.4 Å². The lowest BCUT2D eigenvalue weighted by Gasteiger charge is -2.29. The second kappa shape index (κ2) is 10.3. The number of morpholine rings is 1. The lowest BCUT2D eigenvalue weighted by Crippen LogP contribution is -2.39. The minimum Gasteiger partial charge on any atom is -0.497 e. The third-order valence-electron chi connectivity index (χ3n) is 5.36. The fraction of sp³-hybridized carbons (Fsp3) is 0.348. The number of rotatable bonds is 5. The van der Waals surface area contributed by atoms with Crippen molar-refractivity contribution in [1.29, 1.82) is 0 Å². The van der Waals surface area contributed by atoms with Gasteiger partial charge in [-0.25, -0.2) is 5.01 Å². The monoisotopic (exact) mass is 455 g/mol. The van der Waals surface area contributed by atoms with Gasteiger partial charge in [-0.15, -0.1) is 0 Å². The molecule has 8 heteroatoms. The van der Waals surface area contributed by atoms with Gasteiger partial charge in [0.05, 0.1) is 37.8 Å². The van der Waals surface area contributed by atoms with Crippen molar-refractivity contribution in [2.24, 2.45) is 5.10 Å². The van der Waals surface area contributed by atoms with Crippen LogP contribution in [0, 0.1) is 0 Å². The Balaban J connectivity index is 1.50. The summed E-state index contributed by atoms with van der Waals surface area (Å²) in [6.07, 6.45) is 0.667. The molecule has 0 bridgehead atoms. The van der Waals surface area contributed by atoms with E-state index in [9.17, 15) is 4.79 Å². The lowest BCUT2D eigenvalue weighted by molar-refractivity contribution is -0.130. The molecule has 4 rings (SSSR count). The van der Waals surface area contributed by atoms with E-state index in [1.807, 2.05) is 54.6 Å². The normalized spacial score (nSPS) is 18.6. The maximum absolute atomic E-state index is 13.2. The summed E-state index contributed by atoms with van der Waals surface area (Å²) in [5.41, 5.74) is 2.98. The first-order chi connectivity index (χ1) is 15.2. The molecule has 0 aliphatic carbocycles. The number of hydrazone groups is 1. The van der Waals surface area contributed by atoms with Gasteiger partial charge in [0.2, 0.25) is 0 Å². The van der Waals surface area contributed by atoms with Crippen molar-refractivity contribution < 1.29 is 14.3 Å². The molecule has 0 radical (unpaired) electrons. The van der Waals surface area contributed by atoms with Gasteiger partial charge in [0.25, 0.3) is 5.91 Å². The zero-order valence-corrected chi connectivity index (χ0v) is 19.0. The quantitative estimate of drug-likeness (QED) is 0.641. The van der Waals surface area contributed by atoms with E-state index in [4.69, 9.17) is 26.8 Å². The molecular formula is C23H25N3O3S2. The van der Waals surface area contributed by atoms with Crippen LogP contribution in [0.3, 0.4) is 0 Å². The van der Waals surface area contributed by atoms with Crippen LogP contribution in [0.5, 0.6) is 5.75 Å². The average Bonchev–Trinajstić information content (AvgIpc) is 3.29. The van der Waals surface area contributed by atoms with E-state index in [1.165, 1.54) is 11.8 Å². The second-order valence-electron chi connectivity index (χ2n) is 7.30. The van der Waals surface area contributed by atoms with Crippen molar-refractivity contribution in [3.05, 3.63) is 65.7 Å². The van der Waals surface area contributed by atoms with Crippen molar-refractivity contribution in [3.8, 4) is 5.75 Å². The number of hydrogen-bond acceptors (Lipinski definition) is 6. The lowest BCUT2D eigenvalue weighted by atomic mass is 9.98. The van der Waals surface area contributed by atoms with E-state index >= 15 is 0 Å². The summed E-state index contributed by atoms with van der Waals surface area (Å²) >= 11 is 6.93. The van der Waals surface area contributed by atoms with Gasteiger partial charge in [0, 0.05) is 19.5 Å². The highest BCUT2D eigenvalue weighted by molar-refractivity contribution is 8.23. The first-order valence-corrected chi connectivity index (χ1v) is 11.6. The molecule has 2 heterocycles. The molecule has 1 saturated heterocycles. The molecule has 1 atom stereocenters. The molecule has 2 aliphatic heterocycles. The largest absolute Gasteiger partial charge is 0.497 e. The maximum atomic E-state index is 13.2. The number of methoxy groups -OCH3 is 1. The average molecular weight is 456 g/mol. The van der Waals surface area contributed by atoms with Gasteiger partial charge in [-0.3, -0.25) is 4.79 Å². The molecule has 0 saturated carbocycles. The van der Waals surface area contributed by atoms with Gasteiger partial charge in [0.15, 0.2) is 0 Å². The third-order valence-corrected chi connectivity index (χ3v) is 6.87. The van der Waals surface area contributed by atoms with E-state index in [2.05, 4.69) is 4.90 Å². The van der Waals surface area contributed by atoms with Crippen molar-refractivity contribution >= 4 is 39.9 Å². The van der Waals surface area contributed by atoms with Crippen LogP contribution in [-0.2, 0) is 9.53 Å². The zero-order valence-electron chi connectivity index (χ0n) is 17.4. The Bertz CT molecular complexity index is 944. The standard InChI is InChI=1S/C23H25N3O3S2/c1-28-19-9-7-18(8-10-19)21-15-20(17-5-3-2-4-6-17)24-26(21)22(27)16-31-23(30)25-11-13-29-14-12-25/h2-10,21H,11-16H2,1H3/t21-/m1/s1. The van der Waals surface area contributed by atoms with Crippen LogP contribution in [0.1, 0.15) is 23.6 Å². The summed E-state index contributed by atoms with van der Waals surface area (Å²) in [6, 6.07) is 17.7. The van der Waals surface area contributed by atoms with Gasteiger partial charge in [-0.2, -0.15) is 5.10 Å². The number of hydrogen-bond donors (Lipinski definition) is 0. The van der Waals surface area contributed by atoms with Gasteiger partial charge in [-0.1, -0.05) is 66.4 Å². The number of amides is 1. The molecule has 2 aromatic carbocycles. The Hall–Kier alpha value is -2.42. The molecule has 2 aromatic rings. The Morgan fingerprint density at radius 2 is 1.87 bits per heavy atom. The summed E-state index contributed by atoms with van der Waals surface area (Å²) in [5.74, 6) is 0.997. The highest BCUT2D eigenvalue weighted by atomic mass is 32.2. The smallest absolute Gasteiger partial charge is 0.253 e. The van der Waals surface area contributed by atoms with Crippen LogP contribution in [0.2, 0.25) is 0 Å². The summed E-state index contributed by atoms with van der Waals surface area (Å²) in [4.78, 5) is 15.3. The summed E-state index contributed by atoms with van der Waals surface area (Å²) in [6.45, 7) is 2.89. The Labute approximate surface area is 192 Å². The van der Waals surface area contributed by atoms with E-state index in [-0.39, 0.29) is 17.7 Å². The predicted molar refractivity (Wildman–Crippen MR) is 128 cm³/mol. The SMILES string of the molecule is COc1ccc([C@H]2CC(c3ccccc3)=NN2C(=O)CSC(=S)N2CCOCC2)cc1. The van der Waals surface area contributed by atoms with Crippen LogP contribution < -0.4 is 4.74 Å². The van der Waals surface area contributed by atoms with Gasteiger partial charge in [-0.05, 0) is 23.3 Å². The van der Waals surface area contributed by atoms with Crippen LogP contribution in [0.4, 0.5) is 0 Å². The molecule has 1 amide bonds. The van der Waals surface area contributed by atoms with Crippen LogP contribution in [0.15, 0.2) is 59.7 Å². The van der Waals surface area contributed by atoms with Crippen LogP contribution in [-0.4, -0.2) is 65.0 Å². The van der Waals surface area contributed by atoms with E-state index in [0.717, 1.165) is 40.0 Å². The second-order valence-corrected chi connectivity index (χ2v) is 8.91. The number of carbonyl (C=O) groups excluding carboxylic acids is 1. The number of nitrogens with zero attached hydrogens (tertiary/aromatic N) is 3. The number of thioether (sulfide) groups is 1. The Morgan fingerprint density at radius 1 is 1.16 bits per heavy atom. The van der Waals surface area contributed by atoms with Crippen LogP contribution in [0.25, 0.3) is 0 Å². The summed E-state index contributed by atoms with van der Waals surface area (Å²) in [5, 5.41) is 6.35. The number of carbonyl (C=O) groups is 1. The molecule has 0 aromatic heterocycles. The Morgan fingerprint density at radius 3 is 2.55 bits per heavy atom. The first-order valence-electron chi connectivity index (χ1n) is 10.2. The fourth-order valence-corrected chi connectivity index (χ4v) is 4.76. The molecule has 6 nitrogen and oxygen atoms in total. The van der Waals surface area contributed by atoms with Crippen LogP contribution >= 0.6 is 24.0 Å². The van der Waals surface area contributed by atoms with Crippen molar-refractivity contribution in [3.63, 3.8) is 0 Å². The van der Waals surface area contributed by atoms with Gasteiger partial charge >= 0.3 is 0 Å². The molecule has 0 unspecified atom stereocenters. The number of thiocarbonyl (C=S) groups is 1. The van der Waals surface area contributed by atoms with E-state index < -0.39 is 0 Å². The van der Waals surface area contributed by atoms with Crippen molar-refractivity contribution in [1.82, 2.24) is 9.91 Å². The molecule has 162 valence electrons. The molecule has 1 fully saturated rings. The topological polar surface area (TPSA) is 54.4 Å². The van der Waals surface area contributed by atoms with E-state index in [0.29, 0.717) is 19.6 Å². The van der Waals surface area contributed by atoms with Gasteiger partial charge in [0.1, 0.15) is 10.1 Å². The number of benzene rings is 2. The highest BCUT2D eigenvalue weighted by Crippen LogP contribution is 2.34. The maximum Gasteiger partial charge on any atom is 0.253 e. The molecule has 0 N–H and O–H groups in total. The summed E-state index contributed by atoms with van der Waals surface area (Å²) in [7, 11) is 1.64. The predicted octanol–water partition coefficient (Wildman–Crippen LogP) is 3.72. The first kappa shape index (κ1) is 21.8. The molecular weight excluding hydrogens is 430 g/mol. The molecule has 0 spiro atoms. The molecule has 31 heavy (non-hydrogen) atoms. The van der Waals surface area contributed by atoms with E-state index in [1.54, 1.807) is 12.1 Å². The fourth-order valence-electron chi connectivity index (χ4n) is 3.66. The van der Waals surface area contributed by atoms with Crippen molar-refractivity contribution in [2.45, 2.75) is 12.5 Å². The Kier molecular flexibility index (Phi) is 7.21. The zero-order chi connectivity index (χ0) is 21.6. The highest BCUT2D eigenvalue weighted by Gasteiger charge is 2.33. The van der Waals surface area contributed by atoms with Crippen molar-refractivity contribution in [2.75, 3.05) is 39.2 Å². The molecule has 2 aliphatic rings. The third kappa shape index (κ3) is 5.26. The minimum atomic E-state index is -0.147. The summed E-state index contributed by atoms with van der Waals surface area (Å²) < 4.78 is 11.4.